The number of benzene rings is 2. The molecule has 0 unspecified atom stereocenters. The van der Waals surface area contributed by atoms with E-state index in [1.54, 1.807) is 12.1 Å². The number of hydrogen-bond donors (Lipinski definition) is 1. The Morgan fingerprint density at radius 2 is 1.69 bits per heavy atom. The number of nitrogens with one attached hydrogen (secondary N) is 1. The lowest BCUT2D eigenvalue weighted by molar-refractivity contribution is -0.120. The number of aryl methyl sites for hydroxylation is 2. The Morgan fingerprint density at radius 3 is 2.22 bits per heavy atom. The molecule has 3 rings (SSSR count). The Bertz CT molecular complexity index is 1040. The van der Waals surface area contributed by atoms with Crippen LogP contribution >= 0.6 is 0 Å². The average Bonchev–Trinajstić information content (AvgIpc) is 2.77. The molecule has 1 fully saturated rings. The summed E-state index contributed by atoms with van der Waals surface area (Å²) in [7, 11) is -3.53. The maximum atomic E-state index is 13.0. The number of rotatable bonds is 7. The van der Waals surface area contributed by atoms with E-state index in [-0.39, 0.29) is 11.8 Å². The molecule has 1 aliphatic heterocycles. The molecule has 0 radical (unpaired) electrons. The van der Waals surface area contributed by atoms with Crippen LogP contribution in [0.5, 0.6) is 0 Å². The first kappa shape index (κ1) is 24.3. The van der Waals surface area contributed by atoms with Crippen molar-refractivity contribution in [1.29, 1.82) is 0 Å². The summed E-state index contributed by atoms with van der Waals surface area (Å²) in [6.07, 6.45) is 1.04. The van der Waals surface area contributed by atoms with Crippen LogP contribution in [0.25, 0.3) is 0 Å². The van der Waals surface area contributed by atoms with Gasteiger partial charge in [0, 0.05) is 43.0 Å². The maximum Gasteiger partial charge on any atom is 0.243 e. The number of nitrogens with zero attached hydrogens (tertiary/aromatic N) is 2. The smallest absolute Gasteiger partial charge is 0.243 e. The minimum absolute atomic E-state index is 0.0443. The summed E-state index contributed by atoms with van der Waals surface area (Å²) in [5, 5.41) is 3.00. The predicted molar refractivity (Wildman–Crippen MR) is 131 cm³/mol. The van der Waals surface area contributed by atoms with Crippen LogP contribution in [-0.4, -0.2) is 44.3 Å². The number of piperidine rings is 1. The van der Waals surface area contributed by atoms with Crippen LogP contribution in [0.4, 0.5) is 11.4 Å². The maximum absolute atomic E-state index is 13.0. The first-order valence-corrected chi connectivity index (χ1v) is 12.8. The van der Waals surface area contributed by atoms with Crippen molar-refractivity contribution in [2.45, 2.75) is 58.4 Å². The van der Waals surface area contributed by atoms with Gasteiger partial charge in [0.15, 0.2) is 0 Å². The van der Waals surface area contributed by atoms with Crippen molar-refractivity contribution in [3.63, 3.8) is 0 Å². The first-order valence-electron chi connectivity index (χ1n) is 11.4. The zero-order valence-electron chi connectivity index (χ0n) is 19.8. The number of anilines is 2. The zero-order chi connectivity index (χ0) is 23.5. The highest BCUT2D eigenvalue weighted by atomic mass is 32.2. The Hall–Kier alpha value is -2.38. The average molecular weight is 458 g/mol. The van der Waals surface area contributed by atoms with E-state index >= 15 is 0 Å². The molecule has 32 heavy (non-hydrogen) atoms. The van der Waals surface area contributed by atoms with Crippen LogP contribution in [0.15, 0.2) is 47.4 Å². The van der Waals surface area contributed by atoms with Gasteiger partial charge in [0.1, 0.15) is 0 Å². The summed E-state index contributed by atoms with van der Waals surface area (Å²) in [6.45, 7) is 12.0. The Morgan fingerprint density at radius 1 is 1.06 bits per heavy atom. The van der Waals surface area contributed by atoms with Gasteiger partial charge in [-0.15, -0.1) is 0 Å². The highest BCUT2D eigenvalue weighted by molar-refractivity contribution is 7.89. The molecular formula is C25H35N3O3S. The van der Waals surface area contributed by atoms with E-state index < -0.39 is 10.0 Å². The summed E-state index contributed by atoms with van der Waals surface area (Å²) in [6, 6.07) is 13.6. The Kier molecular flexibility index (Phi) is 7.62. The molecule has 0 aliphatic carbocycles. The lowest BCUT2D eigenvalue weighted by atomic mass is 9.97. The third-order valence-corrected chi connectivity index (χ3v) is 8.27. The molecule has 2 aromatic carbocycles. The molecule has 1 N–H and O–H groups in total. The van der Waals surface area contributed by atoms with E-state index in [0.717, 1.165) is 29.0 Å². The van der Waals surface area contributed by atoms with Crippen LogP contribution in [0.2, 0.25) is 0 Å². The number of carbonyl (C=O) groups is 1. The molecule has 1 heterocycles. The third kappa shape index (κ3) is 5.33. The number of sulfonamides is 1. The van der Waals surface area contributed by atoms with Gasteiger partial charge in [-0.3, -0.25) is 4.79 Å². The minimum Gasteiger partial charge on any atom is -0.369 e. The molecule has 0 saturated carbocycles. The van der Waals surface area contributed by atoms with Crippen molar-refractivity contribution >= 4 is 27.3 Å². The van der Waals surface area contributed by atoms with Crippen molar-refractivity contribution in [3.8, 4) is 0 Å². The van der Waals surface area contributed by atoms with Gasteiger partial charge >= 0.3 is 0 Å². The van der Waals surface area contributed by atoms with Crippen LogP contribution < -0.4 is 10.2 Å². The molecule has 2 aromatic rings. The molecule has 0 spiro atoms. The fourth-order valence-corrected chi connectivity index (χ4v) is 5.76. The molecule has 1 amide bonds. The molecule has 174 valence electrons. The van der Waals surface area contributed by atoms with Gasteiger partial charge in [-0.25, -0.2) is 8.42 Å². The van der Waals surface area contributed by atoms with E-state index in [4.69, 9.17) is 0 Å². The number of amides is 1. The van der Waals surface area contributed by atoms with E-state index in [2.05, 4.69) is 31.0 Å². The monoisotopic (exact) mass is 457 g/mol. The van der Waals surface area contributed by atoms with Crippen molar-refractivity contribution in [2.24, 2.45) is 5.92 Å². The Balaban J connectivity index is 1.59. The molecular weight excluding hydrogens is 422 g/mol. The SMILES string of the molecule is CCN(c1ccc(NC(=O)C2CCN(S(=O)(=O)c3ccc(C)c(C)c3)CC2)cc1)C(C)C. The highest BCUT2D eigenvalue weighted by Crippen LogP contribution is 2.26. The Labute approximate surface area is 192 Å². The molecule has 6 nitrogen and oxygen atoms in total. The summed E-state index contributed by atoms with van der Waals surface area (Å²) < 4.78 is 27.5. The van der Waals surface area contributed by atoms with E-state index in [0.29, 0.717) is 36.9 Å². The van der Waals surface area contributed by atoms with Gasteiger partial charge in [-0.2, -0.15) is 4.31 Å². The largest absolute Gasteiger partial charge is 0.369 e. The summed E-state index contributed by atoms with van der Waals surface area (Å²) in [5.74, 6) is -0.235. The number of hydrogen-bond acceptors (Lipinski definition) is 4. The fraction of sp³-hybridized carbons (Fsp3) is 0.480. The van der Waals surface area contributed by atoms with Gasteiger partial charge in [-0.05, 0) is 95.0 Å². The van der Waals surface area contributed by atoms with Gasteiger partial charge in [0.2, 0.25) is 15.9 Å². The van der Waals surface area contributed by atoms with E-state index in [1.165, 1.54) is 4.31 Å². The molecule has 7 heteroatoms. The normalized spacial score (nSPS) is 15.7. The third-order valence-electron chi connectivity index (χ3n) is 6.37. The number of carbonyl (C=O) groups excluding carboxylic acids is 1. The minimum atomic E-state index is -3.53. The predicted octanol–water partition coefficient (Wildman–Crippen LogP) is 4.58. The first-order chi connectivity index (χ1) is 15.1. The van der Waals surface area contributed by atoms with Crippen molar-refractivity contribution in [1.82, 2.24) is 4.31 Å². The van der Waals surface area contributed by atoms with E-state index in [9.17, 15) is 13.2 Å². The topological polar surface area (TPSA) is 69.7 Å². The summed E-state index contributed by atoms with van der Waals surface area (Å²) in [4.78, 5) is 15.4. The van der Waals surface area contributed by atoms with Crippen LogP contribution in [-0.2, 0) is 14.8 Å². The second kappa shape index (κ2) is 10.0. The molecule has 1 saturated heterocycles. The van der Waals surface area contributed by atoms with Crippen LogP contribution in [0.1, 0.15) is 44.7 Å². The molecule has 0 aromatic heterocycles. The van der Waals surface area contributed by atoms with Gasteiger partial charge in [-0.1, -0.05) is 6.07 Å². The van der Waals surface area contributed by atoms with Crippen LogP contribution in [0, 0.1) is 19.8 Å². The lowest BCUT2D eigenvalue weighted by Gasteiger charge is -2.31. The zero-order valence-corrected chi connectivity index (χ0v) is 20.6. The lowest BCUT2D eigenvalue weighted by Crippen LogP contribution is -2.41. The van der Waals surface area contributed by atoms with Crippen molar-refractivity contribution < 1.29 is 13.2 Å². The fourth-order valence-electron chi connectivity index (χ4n) is 4.21. The van der Waals surface area contributed by atoms with Gasteiger partial charge in [0.05, 0.1) is 4.90 Å². The molecule has 0 bridgehead atoms. The van der Waals surface area contributed by atoms with Gasteiger partial charge < -0.3 is 10.2 Å². The standard InChI is InChI=1S/C25H35N3O3S/c1-6-28(18(2)3)23-10-8-22(9-11-23)26-25(29)21-13-15-27(16-14-21)32(30,31)24-12-7-19(4)20(5)17-24/h7-12,17-18,21H,6,13-16H2,1-5H3,(H,26,29). The summed E-state index contributed by atoms with van der Waals surface area (Å²) >= 11 is 0. The van der Waals surface area contributed by atoms with Gasteiger partial charge in [0.25, 0.3) is 0 Å². The molecule has 1 aliphatic rings. The molecule has 0 atom stereocenters. The van der Waals surface area contributed by atoms with Crippen molar-refractivity contribution in [2.75, 3.05) is 29.9 Å². The summed E-state index contributed by atoms with van der Waals surface area (Å²) in [5.41, 5.74) is 3.93. The second-order valence-electron chi connectivity index (χ2n) is 8.84. The second-order valence-corrected chi connectivity index (χ2v) is 10.8. The van der Waals surface area contributed by atoms with Crippen LogP contribution in [0.3, 0.4) is 0 Å². The van der Waals surface area contributed by atoms with E-state index in [1.807, 2.05) is 44.2 Å². The quantitative estimate of drug-likeness (QED) is 0.661. The highest BCUT2D eigenvalue weighted by Gasteiger charge is 2.32. The van der Waals surface area contributed by atoms with Crippen molar-refractivity contribution in [3.05, 3.63) is 53.6 Å².